The second-order valence-corrected chi connectivity index (χ2v) is 2.39. The van der Waals surface area contributed by atoms with E-state index in [4.69, 9.17) is 16.3 Å². The molecule has 2 N–H and O–H groups in total. The molecule has 0 radical (unpaired) electrons. The van der Waals surface area contributed by atoms with Crippen LogP contribution in [-0.4, -0.2) is 38.0 Å². The van der Waals surface area contributed by atoms with Gasteiger partial charge in [0.2, 0.25) is 0 Å². The van der Waals surface area contributed by atoms with Crippen molar-refractivity contribution >= 4 is 0 Å². The Labute approximate surface area is 74.1 Å². The summed E-state index contributed by atoms with van der Waals surface area (Å²) in [5.74, 6) is 2.55. The van der Waals surface area contributed by atoms with Gasteiger partial charge in [-0.3, -0.25) is 0 Å². The lowest BCUT2D eigenvalue weighted by molar-refractivity contribution is 0.0908. The quantitative estimate of drug-likeness (QED) is 0.399. The molecule has 3 nitrogen and oxygen atoms in total. The number of aliphatic hydroxyl groups is 1. The minimum atomic E-state index is 0.102. The van der Waals surface area contributed by atoms with E-state index < -0.39 is 0 Å². The molecular weight excluding hydrogens is 154 g/mol. The fraction of sp³-hybridized carbons (Fsp3) is 0.778. The number of hydrogen-bond acceptors (Lipinski definition) is 3. The highest BCUT2D eigenvalue weighted by molar-refractivity contribution is 4.83. The SMILES string of the molecule is C#CCCNCCCOCCO. The molecule has 0 bridgehead atoms. The van der Waals surface area contributed by atoms with E-state index >= 15 is 0 Å². The molecule has 0 aromatic rings. The lowest BCUT2D eigenvalue weighted by Gasteiger charge is -2.02. The van der Waals surface area contributed by atoms with Crippen molar-refractivity contribution < 1.29 is 9.84 Å². The Kier molecular flexibility index (Phi) is 9.95. The van der Waals surface area contributed by atoms with Gasteiger partial charge in [-0.1, -0.05) is 0 Å². The van der Waals surface area contributed by atoms with Crippen molar-refractivity contribution in [3.63, 3.8) is 0 Å². The second kappa shape index (κ2) is 10.4. The average Bonchev–Trinajstić information content (AvgIpc) is 2.10. The Balaban J connectivity index is 2.78. The van der Waals surface area contributed by atoms with E-state index in [1.807, 2.05) is 0 Å². The molecule has 0 heterocycles. The summed E-state index contributed by atoms with van der Waals surface area (Å²) in [6, 6.07) is 0. The van der Waals surface area contributed by atoms with Gasteiger partial charge < -0.3 is 15.2 Å². The first kappa shape index (κ1) is 11.4. The number of terminal acetylenes is 1. The Morgan fingerprint density at radius 1 is 1.33 bits per heavy atom. The van der Waals surface area contributed by atoms with E-state index in [9.17, 15) is 0 Å². The zero-order valence-electron chi connectivity index (χ0n) is 7.38. The lowest BCUT2D eigenvalue weighted by atomic mass is 10.4. The Morgan fingerprint density at radius 2 is 2.17 bits per heavy atom. The van der Waals surface area contributed by atoms with E-state index in [-0.39, 0.29) is 6.61 Å². The molecule has 0 atom stereocenters. The van der Waals surface area contributed by atoms with Crippen LogP contribution in [0, 0.1) is 12.3 Å². The largest absolute Gasteiger partial charge is 0.394 e. The predicted molar refractivity (Wildman–Crippen MR) is 48.8 cm³/mol. The number of aliphatic hydroxyl groups excluding tert-OH is 1. The molecule has 0 rings (SSSR count). The van der Waals surface area contributed by atoms with Crippen molar-refractivity contribution in [3.8, 4) is 12.3 Å². The minimum Gasteiger partial charge on any atom is -0.394 e. The summed E-state index contributed by atoms with van der Waals surface area (Å²) in [6.07, 6.45) is 6.80. The standard InChI is InChI=1S/C9H17NO2/c1-2-3-5-10-6-4-8-12-9-7-11/h1,10-11H,3-9H2. The van der Waals surface area contributed by atoms with E-state index in [0.717, 1.165) is 25.9 Å². The highest BCUT2D eigenvalue weighted by atomic mass is 16.5. The topological polar surface area (TPSA) is 41.5 Å². The molecule has 12 heavy (non-hydrogen) atoms. The highest BCUT2D eigenvalue weighted by Gasteiger charge is 1.87. The maximum absolute atomic E-state index is 8.38. The summed E-state index contributed by atoms with van der Waals surface area (Å²) in [5, 5.41) is 11.6. The van der Waals surface area contributed by atoms with Gasteiger partial charge in [-0.25, -0.2) is 0 Å². The first-order valence-corrected chi connectivity index (χ1v) is 4.24. The van der Waals surface area contributed by atoms with Gasteiger partial charge in [0.05, 0.1) is 13.2 Å². The van der Waals surface area contributed by atoms with Crippen LogP contribution >= 0.6 is 0 Å². The van der Waals surface area contributed by atoms with Gasteiger partial charge in [0, 0.05) is 19.6 Å². The molecule has 0 aliphatic carbocycles. The minimum absolute atomic E-state index is 0.102. The van der Waals surface area contributed by atoms with Crippen LogP contribution < -0.4 is 5.32 Å². The van der Waals surface area contributed by atoms with Crippen LogP contribution in [0.3, 0.4) is 0 Å². The third-order valence-corrected chi connectivity index (χ3v) is 1.32. The van der Waals surface area contributed by atoms with Crippen molar-refractivity contribution in [1.29, 1.82) is 0 Å². The summed E-state index contributed by atoms with van der Waals surface area (Å²) >= 11 is 0. The number of rotatable bonds is 8. The zero-order valence-corrected chi connectivity index (χ0v) is 7.38. The summed E-state index contributed by atoms with van der Waals surface area (Å²) in [5.41, 5.74) is 0. The molecule has 0 unspecified atom stereocenters. The molecular formula is C9H17NO2. The van der Waals surface area contributed by atoms with Crippen LogP contribution in [0.15, 0.2) is 0 Å². The van der Waals surface area contributed by atoms with Crippen molar-refractivity contribution in [2.24, 2.45) is 0 Å². The molecule has 0 saturated carbocycles. The number of hydrogen-bond donors (Lipinski definition) is 2. The Morgan fingerprint density at radius 3 is 2.83 bits per heavy atom. The van der Waals surface area contributed by atoms with Crippen LogP contribution in [0.25, 0.3) is 0 Å². The Hall–Kier alpha value is -0.560. The fourth-order valence-electron chi connectivity index (χ4n) is 0.751. The Bertz CT molecular complexity index is 120. The van der Waals surface area contributed by atoms with Crippen molar-refractivity contribution in [1.82, 2.24) is 5.32 Å². The molecule has 0 aliphatic heterocycles. The maximum atomic E-state index is 8.38. The van der Waals surface area contributed by atoms with Gasteiger partial charge in [0.25, 0.3) is 0 Å². The van der Waals surface area contributed by atoms with Gasteiger partial charge in [0.1, 0.15) is 0 Å². The van der Waals surface area contributed by atoms with Crippen LogP contribution in [0.1, 0.15) is 12.8 Å². The molecule has 70 valence electrons. The van der Waals surface area contributed by atoms with Gasteiger partial charge in [0.15, 0.2) is 0 Å². The van der Waals surface area contributed by atoms with Crippen molar-refractivity contribution in [2.45, 2.75) is 12.8 Å². The molecule has 0 spiro atoms. The van der Waals surface area contributed by atoms with Crippen molar-refractivity contribution in [3.05, 3.63) is 0 Å². The average molecular weight is 171 g/mol. The second-order valence-electron chi connectivity index (χ2n) is 2.39. The monoisotopic (exact) mass is 171 g/mol. The first-order chi connectivity index (χ1) is 5.91. The third kappa shape index (κ3) is 9.44. The van der Waals surface area contributed by atoms with Gasteiger partial charge in [-0.15, -0.1) is 12.3 Å². The molecule has 0 amide bonds. The van der Waals surface area contributed by atoms with Crippen LogP contribution in [0.2, 0.25) is 0 Å². The molecule has 0 aliphatic rings. The summed E-state index contributed by atoms with van der Waals surface area (Å²) in [7, 11) is 0. The number of nitrogens with one attached hydrogen (secondary N) is 1. The molecule has 3 heteroatoms. The van der Waals surface area contributed by atoms with Crippen LogP contribution in [0.4, 0.5) is 0 Å². The summed E-state index contributed by atoms with van der Waals surface area (Å²) < 4.78 is 5.06. The zero-order chi connectivity index (χ0) is 9.07. The number of ether oxygens (including phenoxy) is 1. The summed E-state index contributed by atoms with van der Waals surface area (Å²) in [6.45, 7) is 3.03. The third-order valence-electron chi connectivity index (χ3n) is 1.32. The molecule has 0 saturated heterocycles. The smallest absolute Gasteiger partial charge is 0.0697 e. The van der Waals surface area contributed by atoms with Crippen LogP contribution in [0.5, 0.6) is 0 Å². The highest BCUT2D eigenvalue weighted by Crippen LogP contribution is 1.80. The van der Waals surface area contributed by atoms with Crippen molar-refractivity contribution in [2.75, 3.05) is 32.9 Å². The van der Waals surface area contributed by atoms with Gasteiger partial charge in [-0.2, -0.15) is 0 Å². The predicted octanol–water partition coefficient (Wildman–Crippen LogP) is -0.00170. The fourth-order valence-corrected chi connectivity index (χ4v) is 0.751. The van der Waals surface area contributed by atoms with E-state index in [1.165, 1.54) is 0 Å². The summed E-state index contributed by atoms with van der Waals surface area (Å²) in [4.78, 5) is 0. The van der Waals surface area contributed by atoms with Crippen LogP contribution in [-0.2, 0) is 4.74 Å². The van der Waals surface area contributed by atoms with E-state index in [0.29, 0.717) is 13.2 Å². The lowest BCUT2D eigenvalue weighted by Crippen LogP contribution is -2.18. The normalized spacial score (nSPS) is 9.67. The van der Waals surface area contributed by atoms with E-state index in [1.54, 1.807) is 0 Å². The molecule has 0 fully saturated rings. The van der Waals surface area contributed by atoms with Gasteiger partial charge >= 0.3 is 0 Å². The van der Waals surface area contributed by atoms with Gasteiger partial charge in [-0.05, 0) is 13.0 Å². The molecule has 0 aromatic carbocycles. The first-order valence-electron chi connectivity index (χ1n) is 4.24. The maximum Gasteiger partial charge on any atom is 0.0697 e. The van der Waals surface area contributed by atoms with E-state index in [2.05, 4.69) is 11.2 Å². The molecule has 0 aromatic heterocycles.